The molecule has 82 valence electrons. The lowest BCUT2D eigenvalue weighted by molar-refractivity contribution is 0.0963. The van der Waals surface area contributed by atoms with Crippen molar-refractivity contribution in [2.75, 3.05) is 7.11 Å². The van der Waals surface area contributed by atoms with Gasteiger partial charge in [-0.1, -0.05) is 0 Å². The van der Waals surface area contributed by atoms with E-state index in [0.717, 1.165) is 5.56 Å². The predicted octanol–water partition coefficient (Wildman–Crippen LogP) is 1.67. The molecule has 0 saturated carbocycles. The van der Waals surface area contributed by atoms with Crippen molar-refractivity contribution in [3.8, 4) is 5.75 Å². The van der Waals surface area contributed by atoms with Gasteiger partial charge in [-0.2, -0.15) is 0 Å². The normalized spacial score (nSPS) is 12.3. The number of rotatable bonds is 3. The molecule has 15 heavy (non-hydrogen) atoms. The third-order valence-corrected chi connectivity index (χ3v) is 2.08. The molecular weight excluding hydrogens is 197 g/mol. The molecule has 0 aliphatic rings. The van der Waals surface area contributed by atoms with Gasteiger partial charge in [0.15, 0.2) is 17.3 Å². The third-order valence-electron chi connectivity index (χ3n) is 2.08. The Morgan fingerprint density at radius 2 is 2.13 bits per heavy atom. The van der Waals surface area contributed by atoms with Crippen molar-refractivity contribution in [3.63, 3.8) is 0 Å². The van der Waals surface area contributed by atoms with E-state index < -0.39 is 17.6 Å². The summed E-state index contributed by atoms with van der Waals surface area (Å²) >= 11 is 0. The van der Waals surface area contributed by atoms with Gasteiger partial charge in [0.2, 0.25) is 0 Å². The van der Waals surface area contributed by atoms with Crippen LogP contribution in [0.4, 0.5) is 4.39 Å². The highest BCUT2D eigenvalue weighted by Gasteiger charge is 2.19. The highest BCUT2D eigenvalue weighted by Crippen LogP contribution is 2.23. The van der Waals surface area contributed by atoms with Crippen LogP contribution in [0.5, 0.6) is 5.75 Å². The summed E-state index contributed by atoms with van der Waals surface area (Å²) in [7, 11) is 1.36. The van der Waals surface area contributed by atoms with Gasteiger partial charge in [-0.25, -0.2) is 4.39 Å². The molecule has 1 aromatic carbocycles. The summed E-state index contributed by atoms with van der Waals surface area (Å²) < 4.78 is 18.5. The molecule has 0 aliphatic carbocycles. The molecule has 1 unspecified atom stereocenters. The molecular formula is C11H14FNO2. The Kier molecular flexibility index (Phi) is 3.42. The number of nitrogens with two attached hydrogens (primary N) is 1. The van der Waals surface area contributed by atoms with Crippen LogP contribution in [0.2, 0.25) is 0 Å². The number of benzene rings is 1. The summed E-state index contributed by atoms with van der Waals surface area (Å²) in [6.07, 6.45) is 0. The topological polar surface area (TPSA) is 52.3 Å². The Balaban J connectivity index is 3.29. The molecule has 0 spiro atoms. The highest BCUT2D eigenvalue weighted by molar-refractivity contribution is 6.00. The maximum Gasteiger partial charge on any atom is 0.182 e. The van der Waals surface area contributed by atoms with E-state index in [0.29, 0.717) is 0 Å². The second-order valence-electron chi connectivity index (χ2n) is 3.48. The summed E-state index contributed by atoms with van der Waals surface area (Å²) in [5.74, 6) is -1.00. The summed E-state index contributed by atoms with van der Waals surface area (Å²) in [5, 5.41) is 0. The molecule has 0 aromatic heterocycles. The Morgan fingerprint density at radius 3 is 2.60 bits per heavy atom. The number of halogens is 1. The van der Waals surface area contributed by atoms with Gasteiger partial charge in [0.05, 0.1) is 18.7 Å². The Bertz CT molecular complexity index is 388. The lowest BCUT2D eigenvalue weighted by atomic mass is 10.0. The fourth-order valence-electron chi connectivity index (χ4n) is 1.31. The van der Waals surface area contributed by atoms with Gasteiger partial charge in [0, 0.05) is 0 Å². The third kappa shape index (κ3) is 2.33. The Labute approximate surface area is 88.0 Å². The van der Waals surface area contributed by atoms with E-state index >= 15 is 0 Å². The number of hydrogen-bond acceptors (Lipinski definition) is 3. The molecule has 0 bridgehead atoms. The Morgan fingerprint density at radius 1 is 1.53 bits per heavy atom. The summed E-state index contributed by atoms with van der Waals surface area (Å²) in [5.41, 5.74) is 6.17. The van der Waals surface area contributed by atoms with Crippen molar-refractivity contribution in [2.45, 2.75) is 19.9 Å². The van der Waals surface area contributed by atoms with Crippen molar-refractivity contribution < 1.29 is 13.9 Å². The molecule has 0 aliphatic heterocycles. The van der Waals surface area contributed by atoms with Crippen molar-refractivity contribution in [1.82, 2.24) is 0 Å². The molecule has 1 aromatic rings. The van der Waals surface area contributed by atoms with Crippen LogP contribution >= 0.6 is 0 Å². The summed E-state index contributed by atoms with van der Waals surface area (Å²) in [6, 6.07) is 2.29. The minimum Gasteiger partial charge on any atom is -0.494 e. The largest absolute Gasteiger partial charge is 0.494 e. The van der Waals surface area contributed by atoms with E-state index in [1.54, 1.807) is 6.92 Å². The predicted molar refractivity (Wildman–Crippen MR) is 55.7 cm³/mol. The first-order valence-corrected chi connectivity index (χ1v) is 4.61. The van der Waals surface area contributed by atoms with Crippen LogP contribution in [0.25, 0.3) is 0 Å². The van der Waals surface area contributed by atoms with Crippen LogP contribution in [0.1, 0.15) is 22.8 Å². The molecule has 0 fully saturated rings. The van der Waals surface area contributed by atoms with Crippen LogP contribution < -0.4 is 10.5 Å². The van der Waals surface area contributed by atoms with Gasteiger partial charge in [-0.3, -0.25) is 4.79 Å². The van der Waals surface area contributed by atoms with E-state index in [1.807, 2.05) is 0 Å². The molecule has 4 heteroatoms. The first-order chi connectivity index (χ1) is 6.97. The van der Waals surface area contributed by atoms with Gasteiger partial charge in [-0.05, 0) is 31.5 Å². The van der Waals surface area contributed by atoms with Crippen LogP contribution in [0.3, 0.4) is 0 Å². The standard InChI is InChI=1S/C11H14FNO2/c1-6-4-8(11(14)7(2)13)10(12)9(5-6)15-3/h4-5,7H,13H2,1-3H3. The average molecular weight is 211 g/mol. The number of aryl methyl sites for hydroxylation is 1. The molecule has 0 amide bonds. The summed E-state index contributed by atoms with van der Waals surface area (Å²) in [6.45, 7) is 3.29. The number of ether oxygens (including phenoxy) is 1. The highest BCUT2D eigenvalue weighted by atomic mass is 19.1. The van der Waals surface area contributed by atoms with Crippen molar-refractivity contribution in [2.24, 2.45) is 5.73 Å². The quantitative estimate of drug-likeness (QED) is 0.774. The number of carbonyl (C=O) groups is 1. The van der Waals surface area contributed by atoms with Crippen LogP contribution in [-0.4, -0.2) is 18.9 Å². The van der Waals surface area contributed by atoms with E-state index in [-0.39, 0.29) is 11.3 Å². The Hall–Kier alpha value is -1.42. The van der Waals surface area contributed by atoms with Crippen LogP contribution in [-0.2, 0) is 0 Å². The van der Waals surface area contributed by atoms with Crippen LogP contribution in [0.15, 0.2) is 12.1 Å². The number of hydrogen-bond donors (Lipinski definition) is 1. The van der Waals surface area contributed by atoms with Gasteiger partial charge in [0.1, 0.15) is 0 Å². The van der Waals surface area contributed by atoms with Gasteiger partial charge in [0.25, 0.3) is 0 Å². The maximum absolute atomic E-state index is 13.7. The van der Waals surface area contributed by atoms with Crippen molar-refractivity contribution in [3.05, 3.63) is 29.1 Å². The van der Waals surface area contributed by atoms with E-state index in [2.05, 4.69) is 0 Å². The average Bonchev–Trinajstić information content (AvgIpc) is 2.19. The second-order valence-corrected chi connectivity index (χ2v) is 3.48. The molecule has 0 radical (unpaired) electrons. The second kappa shape index (κ2) is 4.40. The first kappa shape index (κ1) is 11.7. The number of carbonyl (C=O) groups excluding carboxylic acids is 1. The minimum absolute atomic E-state index is 0.0122. The van der Waals surface area contributed by atoms with E-state index in [1.165, 1.54) is 26.2 Å². The smallest absolute Gasteiger partial charge is 0.182 e. The zero-order chi connectivity index (χ0) is 11.6. The lowest BCUT2D eigenvalue weighted by Crippen LogP contribution is -2.27. The van der Waals surface area contributed by atoms with Crippen molar-refractivity contribution >= 4 is 5.78 Å². The minimum atomic E-state index is -0.717. The molecule has 0 heterocycles. The zero-order valence-corrected chi connectivity index (χ0v) is 9.00. The number of methoxy groups -OCH3 is 1. The fourth-order valence-corrected chi connectivity index (χ4v) is 1.31. The van der Waals surface area contributed by atoms with E-state index in [4.69, 9.17) is 10.5 Å². The summed E-state index contributed by atoms with van der Waals surface area (Å²) in [4.78, 5) is 11.6. The van der Waals surface area contributed by atoms with Crippen molar-refractivity contribution in [1.29, 1.82) is 0 Å². The molecule has 0 saturated heterocycles. The molecule has 1 atom stereocenters. The van der Waals surface area contributed by atoms with E-state index in [9.17, 15) is 9.18 Å². The van der Waals surface area contributed by atoms with Gasteiger partial charge < -0.3 is 10.5 Å². The number of Topliss-reactive ketones (excluding diaryl/α,β-unsaturated/α-hetero) is 1. The molecule has 2 N–H and O–H groups in total. The van der Waals surface area contributed by atoms with Gasteiger partial charge >= 0.3 is 0 Å². The maximum atomic E-state index is 13.7. The monoisotopic (exact) mass is 211 g/mol. The number of ketones is 1. The zero-order valence-electron chi connectivity index (χ0n) is 9.00. The lowest BCUT2D eigenvalue weighted by Gasteiger charge is -2.10. The molecule has 1 rings (SSSR count). The SMILES string of the molecule is COc1cc(C)cc(C(=O)C(C)N)c1F. The van der Waals surface area contributed by atoms with Crippen LogP contribution in [0, 0.1) is 12.7 Å². The fraction of sp³-hybridized carbons (Fsp3) is 0.364. The molecule has 3 nitrogen and oxygen atoms in total. The van der Waals surface area contributed by atoms with Gasteiger partial charge in [-0.15, -0.1) is 0 Å². The first-order valence-electron chi connectivity index (χ1n) is 4.61.